The van der Waals surface area contributed by atoms with Crippen molar-refractivity contribution in [1.82, 2.24) is 20.0 Å². The van der Waals surface area contributed by atoms with E-state index in [0.29, 0.717) is 25.6 Å². The number of piperazine rings is 1. The molecule has 0 atom stereocenters. The van der Waals surface area contributed by atoms with Crippen molar-refractivity contribution in [3.8, 4) is 0 Å². The van der Waals surface area contributed by atoms with Gasteiger partial charge in [0, 0.05) is 39.9 Å². The van der Waals surface area contributed by atoms with Crippen molar-refractivity contribution in [2.75, 3.05) is 38.1 Å². The molecule has 27 heavy (non-hydrogen) atoms. The molecule has 1 fully saturated rings. The lowest BCUT2D eigenvalue weighted by molar-refractivity contribution is -0.120. The molecule has 7 nitrogen and oxygen atoms in total. The van der Waals surface area contributed by atoms with E-state index in [1.165, 1.54) is 12.1 Å². The van der Waals surface area contributed by atoms with Crippen LogP contribution in [0.1, 0.15) is 5.56 Å². The van der Waals surface area contributed by atoms with E-state index in [1.807, 2.05) is 18.1 Å². The summed E-state index contributed by atoms with van der Waals surface area (Å²) in [6, 6.07) is 6.47. The van der Waals surface area contributed by atoms with Crippen LogP contribution in [0.5, 0.6) is 0 Å². The molecule has 1 amide bonds. The molecule has 2 heterocycles. The summed E-state index contributed by atoms with van der Waals surface area (Å²) in [6.45, 7) is 2.21. The van der Waals surface area contributed by atoms with Gasteiger partial charge in [-0.3, -0.25) is 14.5 Å². The first-order valence-electron chi connectivity index (χ1n) is 8.56. The van der Waals surface area contributed by atoms with Crippen LogP contribution in [-0.2, 0) is 18.3 Å². The smallest absolute Gasteiger partial charge is 0.246 e. The molecule has 9 heteroatoms. The number of benzene rings is 1. The molecule has 0 spiro atoms. The highest BCUT2D eigenvalue weighted by Crippen LogP contribution is 2.16. The molecule has 0 saturated carbocycles. The Morgan fingerprint density at radius 3 is 2.63 bits per heavy atom. The largest absolute Gasteiger partial charge is 0.356 e. The average Bonchev–Trinajstić information content (AvgIpc) is 3.06. The molecule has 0 bridgehead atoms. The summed E-state index contributed by atoms with van der Waals surface area (Å²) in [7, 11) is 3.54. The van der Waals surface area contributed by atoms with E-state index in [4.69, 9.17) is 0 Å². The molecule has 0 unspecified atom stereocenters. The maximum atomic E-state index is 12.9. The Hall–Kier alpha value is -2.17. The summed E-state index contributed by atoms with van der Waals surface area (Å²) in [5, 5.41) is 7.40. The molecule has 3 rings (SSSR count). The normalized spacial score (nSPS) is 14.9. The van der Waals surface area contributed by atoms with Crippen molar-refractivity contribution >= 4 is 41.5 Å². The fraction of sp³-hybridized carbons (Fsp3) is 0.389. The predicted molar refractivity (Wildman–Crippen MR) is 114 cm³/mol. The molecular formula is C18H24FIN6O. The number of aryl methyl sites for hydroxylation is 1. The Morgan fingerprint density at radius 1 is 1.30 bits per heavy atom. The van der Waals surface area contributed by atoms with E-state index in [9.17, 15) is 9.18 Å². The number of anilines is 1. The van der Waals surface area contributed by atoms with Crippen LogP contribution < -0.4 is 10.2 Å². The first-order valence-corrected chi connectivity index (χ1v) is 8.56. The van der Waals surface area contributed by atoms with Crippen LogP contribution in [0, 0.1) is 5.82 Å². The Balaban J connectivity index is 0.00000261. The maximum absolute atomic E-state index is 12.9. The van der Waals surface area contributed by atoms with Crippen LogP contribution in [0.3, 0.4) is 0 Å². The number of carbonyl (C=O) groups excluding carboxylic acids is 1. The molecule has 1 aliphatic rings. The zero-order valence-electron chi connectivity index (χ0n) is 15.4. The van der Waals surface area contributed by atoms with Crippen LogP contribution in [0.15, 0.2) is 41.7 Å². The monoisotopic (exact) mass is 486 g/mol. The number of nitrogens with one attached hydrogen (secondary N) is 1. The minimum atomic E-state index is -0.234. The van der Waals surface area contributed by atoms with Crippen molar-refractivity contribution < 1.29 is 9.18 Å². The summed E-state index contributed by atoms with van der Waals surface area (Å²) >= 11 is 0. The molecule has 1 aromatic carbocycles. The number of aromatic nitrogens is 2. The third kappa shape index (κ3) is 5.41. The van der Waals surface area contributed by atoms with E-state index in [-0.39, 0.29) is 42.2 Å². The number of nitrogens with zero attached hydrogens (tertiary/aromatic N) is 5. The molecule has 1 N–H and O–H groups in total. The number of halogens is 2. The zero-order valence-corrected chi connectivity index (χ0v) is 17.8. The molecule has 0 radical (unpaired) electrons. The minimum absolute atomic E-state index is 0. The van der Waals surface area contributed by atoms with Gasteiger partial charge in [0.15, 0.2) is 5.96 Å². The van der Waals surface area contributed by atoms with Crippen molar-refractivity contribution in [2.45, 2.75) is 6.42 Å². The quantitative estimate of drug-likeness (QED) is 0.406. The molecule has 2 aromatic rings. The van der Waals surface area contributed by atoms with Gasteiger partial charge < -0.3 is 15.1 Å². The number of aliphatic imine (C=N–C) groups is 1. The number of amides is 1. The van der Waals surface area contributed by atoms with Gasteiger partial charge in [0.1, 0.15) is 12.4 Å². The lowest BCUT2D eigenvalue weighted by Gasteiger charge is -2.35. The first-order chi connectivity index (χ1) is 12.6. The standard InChI is InChI=1S/C18H23FN6O.HI/c1-20-18(21-8-7-14-3-5-15(19)6-4-14)24-9-10-25(17(26)13-24)16-11-22-23(2)12-16;/h3-6,11-12H,7-10,13H2,1-2H3,(H,20,21);1H. The Labute approximate surface area is 175 Å². The molecule has 1 aromatic heterocycles. The molecule has 1 saturated heterocycles. The van der Waals surface area contributed by atoms with Crippen LogP contribution in [0.25, 0.3) is 0 Å². The minimum Gasteiger partial charge on any atom is -0.356 e. The van der Waals surface area contributed by atoms with E-state index < -0.39 is 0 Å². The number of rotatable bonds is 4. The van der Waals surface area contributed by atoms with Crippen molar-refractivity contribution in [3.63, 3.8) is 0 Å². The summed E-state index contributed by atoms with van der Waals surface area (Å²) < 4.78 is 14.6. The van der Waals surface area contributed by atoms with Crippen LogP contribution in [-0.4, -0.2) is 59.8 Å². The van der Waals surface area contributed by atoms with Gasteiger partial charge in [-0.1, -0.05) is 12.1 Å². The fourth-order valence-corrected chi connectivity index (χ4v) is 2.98. The van der Waals surface area contributed by atoms with Crippen molar-refractivity contribution in [3.05, 3.63) is 48.0 Å². The van der Waals surface area contributed by atoms with Crippen molar-refractivity contribution in [2.24, 2.45) is 12.0 Å². The maximum Gasteiger partial charge on any atom is 0.246 e. The summed E-state index contributed by atoms with van der Waals surface area (Å²) in [4.78, 5) is 20.5. The van der Waals surface area contributed by atoms with E-state index >= 15 is 0 Å². The van der Waals surface area contributed by atoms with Gasteiger partial charge in [-0.05, 0) is 24.1 Å². The highest BCUT2D eigenvalue weighted by Gasteiger charge is 2.27. The Bertz CT molecular complexity index is 791. The van der Waals surface area contributed by atoms with E-state index in [0.717, 1.165) is 17.7 Å². The SMILES string of the molecule is CN=C(NCCc1ccc(F)cc1)N1CCN(c2cnn(C)c2)C(=O)C1.I. The topological polar surface area (TPSA) is 65.8 Å². The van der Waals surface area contributed by atoms with Crippen LogP contribution >= 0.6 is 24.0 Å². The summed E-state index contributed by atoms with van der Waals surface area (Å²) in [5.74, 6) is 0.486. The number of hydrogen-bond acceptors (Lipinski definition) is 3. The van der Waals surface area contributed by atoms with Gasteiger partial charge in [0.2, 0.25) is 5.91 Å². The highest BCUT2D eigenvalue weighted by atomic mass is 127. The first kappa shape index (κ1) is 21.1. The van der Waals surface area contributed by atoms with Gasteiger partial charge in [0.05, 0.1) is 11.9 Å². The van der Waals surface area contributed by atoms with E-state index in [1.54, 1.807) is 35.0 Å². The second-order valence-corrected chi connectivity index (χ2v) is 6.19. The van der Waals surface area contributed by atoms with Gasteiger partial charge in [-0.2, -0.15) is 5.10 Å². The molecule has 0 aliphatic carbocycles. The van der Waals surface area contributed by atoms with Gasteiger partial charge >= 0.3 is 0 Å². The molecule has 1 aliphatic heterocycles. The second kappa shape index (κ2) is 9.67. The zero-order chi connectivity index (χ0) is 18.5. The highest BCUT2D eigenvalue weighted by molar-refractivity contribution is 14.0. The molecular weight excluding hydrogens is 462 g/mol. The second-order valence-electron chi connectivity index (χ2n) is 6.19. The van der Waals surface area contributed by atoms with Gasteiger partial charge in [-0.25, -0.2) is 4.39 Å². The van der Waals surface area contributed by atoms with E-state index in [2.05, 4.69) is 15.4 Å². The number of guanidine groups is 1. The summed E-state index contributed by atoms with van der Waals surface area (Å²) in [5.41, 5.74) is 1.86. The third-order valence-electron chi connectivity index (χ3n) is 4.35. The molecule has 146 valence electrons. The van der Waals surface area contributed by atoms with Crippen molar-refractivity contribution in [1.29, 1.82) is 0 Å². The average molecular weight is 486 g/mol. The van der Waals surface area contributed by atoms with Gasteiger partial charge in [-0.15, -0.1) is 24.0 Å². The van der Waals surface area contributed by atoms with Crippen LogP contribution in [0.4, 0.5) is 10.1 Å². The Morgan fingerprint density at radius 2 is 2.04 bits per heavy atom. The third-order valence-corrected chi connectivity index (χ3v) is 4.35. The predicted octanol–water partition coefficient (Wildman–Crippen LogP) is 1.64. The lowest BCUT2D eigenvalue weighted by Crippen LogP contribution is -2.55. The van der Waals surface area contributed by atoms with Crippen LogP contribution in [0.2, 0.25) is 0 Å². The number of carbonyl (C=O) groups is 1. The van der Waals surface area contributed by atoms with Gasteiger partial charge in [0.25, 0.3) is 0 Å². The fourth-order valence-electron chi connectivity index (χ4n) is 2.98. The summed E-state index contributed by atoms with van der Waals surface area (Å²) in [6.07, 6.45) is 4.29. The lowest BCUT2D eigenvalue weighted by atomic mass is 10.1. The Kier molecular flexibility index (Phi) is 7.57. The number of hydrogen-bond donors (Lipinski definition) is 1.